The number of hydrogen-bond donors (Lipinski definition) is 1. The first-order valence-electron chi connectivity index (χ1n) is 11.5. The van der Waals surface area contributed by atoms with Gasteiger partial charge in [0, 0.05) is 0 Å². The average molecular weight is 529 g/mol. The topological polar surface area (TPSA) is 120 Å². The van der Waals surface area contributed by atoms with Crippen LogP contribution >= 0.6 is 11.8 Å². The molecule has 0 aromatic heterocycles. The summed E-state index contributed by atoms with van der Waals surface area (Å²) in [5, 5.41) is 2.20. The third-order valence-electron chi connectivity index (χ3n) is 4.83. The zero-order chi connectivity index (χ0) is 26.9. The molecule has 11 heteroatoms. The van der Waals surface area contributed by atoms with Gasteiger partial charge in [0.05, 0.1) is 30.4 Å². The summed E-state index contributed by atoms with van der Waals surface area (Å²) in [6.07, 6.45) is 1.16. The highest BCUT2D eigenvalue weighted by Gasteiger charge is 2.36. The van der Waals surface area contributed by atoms with Gasteiger partial charge in [0.1, 0.15) is 12.3 Å². The van der Waals surface area contributed by atoms with E-state index in [1.165, 1.54) is 13.2 Å². The molecular formula is C26H28N2O8S. The summed E-state index contributed by atoms with van der Waals surface area (Å²) in [6, 6.07) is 11.9. The number of carbonyl (C=O) groups is 4. The lowest BCUT2D eigenvalue weighted by Crippen LogP contribution is -2.35. The highest BCUT2D eigenvalue weighted by atomic mass is 32.2. The van der Waals surface area contributed by atoms with Crippen LogP contribution in [0, 0.1) is 0 Å². The van der Waals surface area contributed by atoms with Crippen molar-refractivity contribution in [1.29, 1.82) is 0 Å². The van der Waals surface area contributed by atoms with Crippen molar-refractivity contribution in [3.05, 3.63) is 52.9 Å². The number of anilines is 1. The molecule has 0 unspecified atom stereocenters. The summed E-state index contributed by atoms with van der Waals surface area (Å²) < 4.78 is 21.5. The monoisotopic (exact) mass is 528 g/mol. The molecule has 196 valence electrons. The number of nitrogens with one attached hydrogen (secondary N) is 1. The van der Waals surface area contributed by atoms with E-state index < -0.39 is 23.7 Å². The van der Waals surface area contributed by atoms with Crippen molar-refractivity contribution in [2.24, 2.45) is 0 Å². The number of esters is 1. The predicted molar refractivity (Wildman–Crippen MR) is 139 cm³/mol. The van der Waals surface area contributed by atoms with Gasteiger partial charge < -0.3 is 24.3 Å². The van der Waals surface area contributed by atoms with Crippen LogP contribution < -0.4 is 19.5 Å². The van der Waals surface area contributed by atoms with Crippen LogP contribution in [0.25, 0.3) is 6.08 Å². The molecule has 1 aliphatic rings. The third-order valence-corrected chi connectivity index (χ3v) is 5.74. The number of rotatable bonds is 11. The van der Waals surface area contributed by atoms with Crippen molar-refractivity contribution in [3.8, 4) is 17.2 Å². The maximum atomic E-state index is 12.7. The van der Waals surface area contributed by atoms with Gasteiger partial charge in [-0.25, -0.2) is 0 Å². The molecule has 1 fully saturated rings. The Bertz CT molecular complexity index is 1210. The summed E-state index contributed by atoms with van der Waals surface area (Å²) in [7, 11) is 1.44. The number of benzene rings is 2. The zero-order valence-corrected chi connectivity index (χ0v) is 21.8. The van der Waals surface area contributed by atoms with Crippen LogP contribution in [0.15, 0.2) is 47.4 Å². The Morgan fingerprint density at radius 1 is 1.05 bits per heavy atom. The molecule has 3 rings (SSSR count). The van der Waals surface area contributed by atoms with Crippen LogP contribution in [0.5, 0.6) is 17.2 Å². The Kier molecular flexibility index (Phi) is 9.56. The number of ether oxygens (including phenoxy) is 4. The number of methoxy groups -OCH3 is 1. The van der Waals surface area contributed by atoms with Crippen molar-refractivity contribution in [2.45, 2.75) is 26.9 Å². The van der Waals surface area contributed by atoms with Gasteiger partial charge in [-0.3, -0.25) is 24.1 Å². The Morgan fingerprint density at radius 3 is 2.51 bits per heavy atom. The van der Waals surface area contributed by atoms with Gasteiger partial charge in [-0.05, 0) is 68.4 Å². The van der Waals surface area contributed by atoms with Crippen molar-refractivity contribution in [2.75, 3.05) is 32.2 Å². The van der Waals surface area contributed by atoms with Crippen LogP contribution in [-0.2, 0) is 19.1 Å². The molecule has 1 heterocycles. The molecule has 1 saturated heterocycles. The van der Waals surface area contributed by atoms with Gasteiger partial charge in [-0.2, -0.15) is 0 Å². The van der Waals surface area contributed by atoms with Crippen molar-refractivity contribution < 1.29 is 38.1 Å². The molecule has 0 radical (unpaired) electrons. The van der Waals surface area contributed by atoms with Gasteiger partial charge in [0.25, 0.3) is 17.1 Å². The standard InChI is InChI=1S/C26H28N2O8S/c1-5-34-19-9-7-6-8-18(19)27-23(29)15-35-20-11-10-17(12-21(20)33-4)13-22-25(31)28(26(32)37-22)14-24(30)36-16(2)3/h6-13,16H,5,14-15H2,1-4H3,(H,27,29)/b22-13+. The second-order valence-corrected chi connectivity index (χ2v) is 8.98. The summed E-state index contributed by atoms with van der Waals surface area (Å²) in [4.78, 5) is 50.2. The fraction of sp³-hybridized carbons (Fsp3) is 0.308. The van der Waals surface area contributed by atoms with Gasteiger partial charge in [0.15, 0.2) is 18.1 Å². The molecule has 0 aliphatic carbocycles. The Labute approximate surface area is 218 Å². The molecule has 1 aliphatic heterocycles. The highest BCUT2D eigenvalue weighted by molar-refractivity contribution is 8.18. The molecule has 2 aromatic rings. The number of thioether (sulfide) groups is 1. The average Bonchev–Trinajstić information content (AvgIpc) is 3.11. The summed E-state index contributed by atoms with van der Waals surface area (Å²) >= 11 is 0.730. The minimum Gasteiger partial charge on any atom is -0.493 e. The lowest BCUT2D eigenvalue weighted by molar-refractivity contribution is -0.149. The molecular weight excluding hydrogens is 500 g/mol. The molecule has 1 N–H and O–H groups in total. The Balaban J connectivity index is 1.65. The lowest BCUT2D eigenvalue weighted by atomic mass is 10.2. The van der Waals surface area contributed by atoms with Gasteiger partial charge in [-0.1, -0.05) is 18.2 Å². The summed E-state index contributed by atoms with van der Waals surface area (Å²) in [5.41, 5.74) is 1.10. The fourth-order valence-corrected chi connectivity index (χ4v) is 4.13. The van der Waals surface area contributed by atoms with E-state index in [0.717, 1.165) is 16.7 Å². The van der Waals surface area contributed by atoms with E-state index in [4.69, 9.17) is 18.9 Å². The van der Waals surface area contributed by atoms with E-state index >= 15 is 0 Å². The first-order valence-corrected chi connectivity index (χ1v) is 12.3. The number of para-hydroxylation sites is 2. The third kappa shape index (κ3) is 7.50. The fourth-order valence-electron chi connectivity index (χ4n) is 3.29. The van der Waals surface area contributed by atoms with Gasteiger partial charge in [0.2, 0.25) is 0 Å². The quantitative estimate of drug-likeness (QED) is 0.339. The lowest BCUT2D eigenvalue weighted by Gasteiger charge is -2.14. The molecule has 10 nitrogen and oxygen atoms in total. The summed E-state index contributed by atoms with van der Waals surface area (Å²) in [6.45, 7) is 4.95. The van der Waals surface area contributed by atoms with Gasteiger partial charge in [-0.15, -0.1) is 0 Å². The minimum atomic E-state index is -0.660. The number of hydrogen-bond acceptors (Lipinski definition) is 9. The predicted octanol–water partition coefficient (Wildman–Crippen LogP) is 4.10. The zero-order valence-electron chi connectivity index (χ0n) is 20.9. The smallest absolute Gasteiger partial charge is 0.326 e. The van der Waals surface area contributed by atoms with Gasteiger partial charge >= 0.3 is 5.97 Å². The van der Waals surface area contributed by atoms with Crippen LogP contribution in [0.1, 0.15) is 26.3 Å². The van der Waals surface area contributed by atoms with E-state index in [1.807, 2.05) is 13.0 Å². The van der Waals surface area contributed by atoms with E-state index in [1.54, 1.807) is 50.2 Å². The molecule has 0 saturated carbocycles. The molecule has 0 atom stereocenters. The van der Waals surface area contributed by atoms with E-state index in [-0.39, 0.29) is 23.5 Å². The second-order valence-electron chi connectivity index (χ2n) is 7.98. The maximum Gasteiger partial charge on any atom is 0.326 e. The maximum absolute atomic E-state index is 12.7. The number of amides is 3. The van der Waals surface area contributed by atoms with Crippen LogP contribution in [-0.4, -0.2) is 60.9 Å². The highest BCUT2D eigenvalue weighted by Crippen LogP contribution is 2.34. The number of nitrogens with zero attached hydrogens (tertiary/aromatic N) is 1. The molecule has 0 spiro atoms. The first kappa shape index (κ1) is 27.6. The van der Waals surface area contributed by atoms with Crippen molar-refractivity contribution in [3.63, 3.8) is 0 Å². The normalized spacial score (nSPS) is 14.2. The van der Waals surface area contributed by atoms with Crippen LogP contribution in [0.3, 0.4) is 0 Å². The van der Waals surface area contributed by atoms with Crippen LogP contribution in [0.2, 0.25) is 0 Å². The van der Waals surface area contributed by atoms with Crippen molar-refractivity contribution >= 4 is 46.5 Å². The van der Waals surface area contributed by atoms with E-state index in [9.17, 15) is 19.2 Å². The SMILES string of the molecule is CCOc1ccccc1NC(=O)COc1ccc(/C=C2/SC(=O)N(CC(=O)OC(C)C)C2=O)cc1OC. The van der Waals surface area contributed by atoms with Crippen LogP contribution in [0.4, 0.5) is 10.5 Å². The molecule has 0 bridgehead atoms. The molecule has 2 aromatic carbocycles. The number of carbonyl (C=O) groups excluding carboxylic acids is 4. The second kappa shape index (κ2) is 12.8. The minimum absolute atomic E-state index is 0.158. The van der Waals surface area contributed by atoms with E-state index in [2.05, 4.69) is 5.32 Å². The largest absolute Gasteiger partial charge is 0.493 e. The number of imide groups is 1. The van der Waals surface area contributed by atoms with Crippen molar-refractivity contribution in [1.82, 2.24) is 4.90 Å². The summed E-state index contributed by atoms with van der Waals surface area (Å²) in [5.74, 6) is -0.427. The molecule has 37 heavy (non-hydrogen) atoms. The Hall–Kier alpha value is -3.99. The van der Waals surface area contributed by atoms with E-state index in [0.29, 0.717) is 35.1 Å². The first-order chi connectivity index (χ1) is 17.7. The Morgan fingerprint density at radius 2 is 1.81 bits per heavy atom. The molecule has 3 amide bonds.